The van der Waals surface area contributed by atoms with Crippen molar-refractivity contribution < 1.29 is 19.1 Å². The molecule has 0 bridgehead atoms. The van der Waals surface area contributed by atoms with Crippen LogP contribution in [0.4, 0.5) is 5.69 Å². The van der Waals surface area contributed by atoms with E-state index >= 15 is 0 Å². The highest BCUT2D eigenvalue weighted by molar-refractivity contribution is 5.92. The third kappa shape index (κ3) is 4.72. The number of rotatable bonds is 7. The minimum Gasteiger partial charge on any atom is -0.486 e. The first kappa shape index (κ1) is 21.4. The molecule has 0 fully saturated rings. The number of carbonyl (C=O) groups is 2. The molecular weight excluding hydrogens is 412 g/mol. The maximum absolute atomic E-state index is 13.1. The molecular formula is C23H24N4O5. The first-order chi connectivity index (χ1) is 15.5. The van der Waals surface area contributed by atoms with Crippen molar-refractivity contribution in [2.45, 2.75) is 26.3 Å². The number of ether oxygens (including phenoxy) is 2. The Balaban J connectivity index is 1.57. The van der Waals surface area contributed by atoms with Crippen LogP contribution in [-0.2, 0) is 22.6 Å². The number of nitrogens with one attached hydrogen (secondary N) is 2. The lowest BCUT2D eigenvalue weighted by molar-refractivity contribution is -0.121. The van der Waals surface area contributed by atoms with Crippen LogP contribution in [0.2, 0.25) is 0 Å². The summed E-state index contributed by atoms with van der Waals surface area (Å²) in [5.74, 6) is 0.676. The average Bonchev–Trinajstić information content (AvgIpc) is 2.80. The Bertz CT molecular complexity index is 1220. The Kier molecular flexibility index (Phi) is 6.34. The summed E-state index contributed by atoms with van der Waals surface area (Å²) < 4.78 is 12.4. The zero-order valence-electron chi connectivity index (χ0n) is 17.7. The van der Waals surface area contributed by atoms with Gasteiger partial charge in [0, 0.05) is 31.1 Å². The molecule has 2 heterocycles. The maximum Gasteiger partial charge on any atom is 0.273 e. The van der Waals surface area contributed by atoms with Crippen LogP contribution in [0, 0.1) is 0 Å². The molecule has 0 unspecified atom stereocenters. The predicted octanol–water partition coefficient (Wildman–Crippen LogP) is 1.88. The molecule has 1 aliphatic rings. The first-order valence-electron chi connectivity index (χ1n) is 10.5. The Morgan fingerprint density at radius 2 is 1.84 bits per heavy atom. The Morgan fingerprint density at radius 1 is 1.06 bits per heavy atom. The number of amides is 2. The van der Waals surface area contributed by atoms with E-state index < -0.39 is 0 Å². The van der Waals surface area contributed by atoms with Crippen LogP contribution in [0.5, 0.6) is 11.5 Å². The van der Waals surface area contributed by atoms with Gasteiger partial charge >= 0.3 is 0 Å². The molecule has 0 saturated carbocycles. The minimum atomic E-state index is -0.384. The van der Waals surface area contributed by atoms with Gasteiger partial charge in [-0.25, -0.2) is 4.98 Å². The van der Waals surface area contributed by atoms with Crippen LogP contribution in [0.3, 0.4) is 0 Å². The molecule has 2 amide bonds. The molecule has 2 N–H and O–H groups in total. The summed E-state index contributed by atoms with van der Waals surface area (Å²) in [6, 6.07) is 12.3. The van der Waals surface area contributed by atoms with Crippen LogP contribution < -0.4 is 25.7 Å². The zero-order chi connectivity index (χ0) is 22.5. The molecule has 9 heteroatoms. The normalized spacial score (nSPS) is 12.4. The minimum absolute atomic E-state index is 0.148. The smallest absolute Gasteiger partial charge is 0.273 e. The molecule has 0 radical (unpaired) electrons. The van der Waals surface area contributed by atoms with E-state index in [0.717, 1.165) is 0 Å². The molecule has 0 saturated heterocycles. The van der Waals surface area contributed by atoms with Crippen molar-refractivity contribution in [1.29, 1.82) is 0 Å². The fourth-order valence-electron chi connectivity index (χ4n) is 3.55. The summed E-state index contributed by atoms with van der Waals surface area (Å²) in [5, 5.41) is 5.51. The van der Waals surface area contributed by atoms with Crippen LogP contribution >= 0.6 is 0 Å². The van der Waals surface area contributed by atoms with Crippen LogP contribution in [0.15, 0.2) is 47.3 Å². The van der Waals surface area contributed by atoms with E-state index in [-0.39, 0.29) is 42.5 Å². The molecule has 3 aromatic rings. The number of nitrogens with zero attached hydrogens (tertiary/aromatic N) is 2. The number of anilines is 1. The molecule has 4 rings (SSSR count). The molecule has 1 aliphatic heterocycles. The van der Waals surface area contributed by atoms with Gasteiger partial charge in [-0.1, -0.05) is 12.1 Å². The summed E-state index contributed by atoms with van der Waals surface area (Å²) >= 11 is 0. The maximum atomic E-state index is 13.1. The van der Waals surface area contributed by atoms with Gasteiger partial charge in [-0.05, 0) is 31.2 Å². The highest BCUT2D eigenvalue weighted by Crippen LogP contribution is 2.32. The topological polar surface area (TPSA) is 112 Å². The summed E-state index contributed by atoms with van der Waals surface area (Å²) in [7, 11) is 0. The van der Waals surface area contributed by atoms with Crippen molar-refractivity contribution >= 4 is 28.5 Å². The van der Waals surface area contributed by atoms with Crippen LogP contribution in [-0.4, -0.2) is 41.1 Å². The quantitative estimate of drug-likeness (QED) is 0.585. The number of aromatic nitrogens is 2. The van der Waals surface area contributed by atoms with Crippen molar-refractivity contribution in [2.75, 3.05) is 25.1 Å². The van der Waals surface area contributed by atoms with E-state index in [1.807, 2.05) is 13.0 Å². The number of para-hydroxylation sites is 2. The number of hydrogen-bond acceptors (Lipinski definition) is 6. The third-order valence-corrected chi connectivity index (χ3v) is 5.01. The van der Waals surface area contributed by atoms with Gasteiger partial charge in [0.25, 0.3) is 5.56 Å². The number of benzene rings is 2. The van der Waals surface area contributed by atoms with Gasteiger partial charge in [-0.2, -0.15) is 0 Å². The Labute approximate surface area is 184 Å². The molecule has 2 aromatic carbocycles. The van der Waals surface area contributed by atoms with Crippen molar-refractivity contribution in [3.8, 4) is 11.5 Å². The fourth-order valence-corrected chi connectivity index (χ4v) is 3.55. The van der Waals surface area contributed by atoms with Gasteiger partial charge in [-0.15, -0.1) is 0 Å². The van der Waals surface area contributed by atoms with Crippen molar-refractivity contribution in [3.63, 3.8) is 0 Å². The largest absolute Gasteiger partial charge is 0.486 e. The van der Waals surface area contributed by atoms with Gasteiger partial charge in [0.15, 0.2) is 11.5 Å². The van der Waals surface area contributed by atoms with Crippen molar-refractivity contribution in [3.05, 3.63) is 58.5 Å². The SMILES string of the molecule is CCNC(=O)CCc1nc2ccccc2n(CC(=O)Nc2ccc3c(c2)OCCO3)c1=O. The first-order valence-corrected chi connectivity index (χ1v) is 10.5. The lowest BCUT2D eigenvalue weighted by atomic mass is 10.2. The van der Waals surface area contributed by atoms with Crippen molar-refractivity contribution in [2.24, 2.45) is 0 Å². The molecule has 0 aliphatic carbocycles. The highest BCUT2D eigenvalue weighted by Gasteiger charge is 2.16. The third-order valence-electron chi connectivity index (χ3n) is 5.01. The predicted molar refractivity (Wildman–Crippen MR) is 119 cm³/mol. The molecule has 32 heavy (non-hydrogen) atoms. The molecule has 0 atom stereocenters. The van der Waals surface area contributed by atoms with Crippen molar-refractivity contribution in [1.82, 2.24) is 14.9 Å². The Morgan fingerprint density at radius 3 is 2.66 bits per heavy atom. The fraction of sp³-hybridized carbons (Fsp3) is 0.304. The average molecular weight is 436 g/mol. The lowest BCUT2D eigenvalue weighted by Crippen LogP contribution is -2.32. The van der Waals surface area contributed by atoms with E-state index in [0.29, 0.717) is 48.0 Å². The van der Waals surface area contributed by atoms with E-state index in [1.165, 1.54) is 4.57 Å². The van der Waals surface area contributed by atoms with E-state index in [1.54, 1.807) is 36.4 Å². The summed E-state index contributed by atoms with van der Waals surface area (Å²) in [6.45, 7) is 3.10. The molecule has 0 spiro atoms. The summed E-state index contributed by atoms with van der Waals surface area (Å²) in [6.07, 6.45) is 0.344. The number of carbonyl (C=O) groups excluding carboxylic acids is 2. The molecule has 9 nitrogen and oxygen atoms in total. The molecule has 166 valence electrons. The summed E-state index contributed by atoms with van der Waals surface area (Å²) in [5.41, 5.74) is 1.55. The van der Waals surface area contributed by atoms with Gasteiger partial charge in [0.2, 0.25) is 11.8 Å². The van der Waals surface area contributed by atoms with Crippen LogP contribution in [0.1, 0.15) is 19.0 Å². The zero-order valence-corrected chi connectivity index (χ0v) is 17.7. The second-order valence-corrected chi connectivity index (χ2v) is 7.30. The lowest BCUT2D eigenvalue weighted by Gasteiger charge is -2.19. The van der Waals surface area contributed by atoms with E-state index in [4.69, 9.17) is 9.47 Å². The van der Waals surface area contributed by atoms with Gasteiger partial charge in [-0.3, -0.25) is 19.0 Å². The van der Waals surface area contributed by atoms with Gasteiger partial charge in [0.05, 0.1) is 11.0 Å². The van der Waals surface area contributed by atoms with Crippen LogP contribution in [0.25, 0.3) is 11.0 Å². The number of aryl methyl sites for hydroxylation is 1. The van der Waals surface area contributed by atoms with Gasteiger partial charge < -0.3 is 20.1 Å². The summed E-state index contributed by atoms with van der Waals surface area (Å²) in [4.78, 5) is 42.1. The number of hydrogen-bond donors (Lipinski definition) is 2. The second-order valence-electron chi connectivity index (χ2n) is 7.30. The van der Waals surface area contributed by atoms with E-state index in [9.17, 15) is 14.4 Å². The van der Waals surface area contributed by atoms with E-state index in [2.05, 4.69) is 15.6 Å². The monoisotopic (exact) mass is 436 g/mol. The molecule has 1 aromatic heterocycles. The number of fused-ring (bicyclic) bond motifs is 2. The van der Waals surface area contributed by atoms with Gasteiger partial charge in [0.1, 0.15) is 25.5 Å². The Hall–Kier alpha value is -3.88. The second kappa shape index (κ2) is 9.51. The highest BCUT2D eigenvalue weighted by atomic mass is 16.6. The standard InChI is InChI=1S/C23H24N4O5/c1-2-24-21(28)10-8-17-23(30)27(18-6-4-3-5-16(18)26-17)14-22(29)25-15-7-9-19-20(13-15)32-12-11-31-19/h3-7,9,13H,2,8,10-12,14H2,1H3,(H,24,28)(H,25,29).